The summed E-state index contributed by atoms with van der Waals surface area (Å²) in [6.45, 7) is 4.42. The molecule has 2 atom stereocenters. The van der Waals surface area contributed by atoms with Crippen LogP contribution in [0.5, 0.6) is 5.75 Å². The van der Waals surface area contributed by atoms with Crippen LogP contribution in [0.1, 0.15) is 45.6 Å². The van der Waals surface area contributed by atoms with Gasteiger partial charge in [0.05, 0.1) is 6.04 Å². The van der Waals surface area contributed by atoms with E-state index in [1.54, 1.807) is 6.92 Å². The van der Waals surface area contributed by atoms with Crippen LogP contribution in [0.4, 0.5) is 5.69 Å². The van der Waals surface area contributed by atoms with E-state index < -0.39 is 6.10 Å². The lowest BCUT2D eigenvalue weighted by Gasteiger charge is -2.38. The van der Waals surface area contributed by atoms with E-state index in [0.717, 1.165) is 28.8 Å². The Labute approximate surface area is 217 Å². The summed E-state index contributed by atoms with van der Waals surface area (Å²) in [6.07, 6.45) is 0.0573. The predicted molar refractivity (Wildman–Crippen MR) is 146 cm³/mol. The Kier molecular flexibility index (Phi) is 7.04. The first-order valence-electron chi connectivity index (χ1n) is 12.6. The van der Waals surface area contributed by atoms with E-state index in [2.05, 4.69) is 36.5 Å². The Bertz CT molecular complexity index is 1400. The molecule has 5 rings (SSSR count). The number of anilines is 1. The summed E-state index contributed by atoms with van der Waals surface area (Å²) in [7, 11) is 0. The van der Waals surface area contributed by atoms with Gasteiger partial charge in [0.2, 0.25) is 0 Å². The van der Waals surface area contributed by atoms with E-state index in [0.29, 0.717) is 17.9 Å². The molecule has 0 spiro atoms. The molecule has 5 heteroatoms. The number of nitrogens with one attached hydrogen (secondary N) is 1. The van der Waals surface area contributed by atoms with E-state index in [4.69, 9.17) is 4.74 Å². The quantitative estimate of drug-likeness (QED) is 0.351. The maximum atomic E-state index is 13.6. The van der Waals surface area contributed by atoms with Gasteiger partial charge in [-0.15, -0.1) is 0 Å². The monoisotopic (exact) mass is 490 g/mol. The zero-order chi connectivity index (χ0) is 25.8. The number of hydrogen-bond donors (Lipinski definition) is 1. The van der Waals surface area contributed by atoms with Crippen LogP contribution in [0, 0.1) is 6.92 Å². The zero-order valence-electron chi connectivity index (χ0n) is 21.1. The number of hydrogen-bond acceptors (Lipinski definition) is 3. The average molecular weight is 491 g/mol. The molecule has 2 amide bonds. The maximum absolute atomic E-state index is 13.6. The lowest BCUT2D eigenvalue weighted by atomic mass is 9.87. The van der Waals surface area contributed by atoms with E-state index in [1.807, 2.05) is 83.8 Å². The molecule has 0 bridgehead atoms. The molecule has 4 aromatic rings. The first-order chi connectivity index (χ1) is 18.0. The van der Waals surface area contributed by atoms with Crippen LogP contribution < -0.4 is 10.1 Å². The van der Waals surface area contributed by atoms with Crippen LogP contribution >= 0.6 is 0 Å². The van der Waals surface area contributed by atoms with Crippen LogP contribution in [-0.2, 0) is 11.2 Å². The normalized spacial score (nSPS) is 15.4. The number of ether oxygens (including phenoxy) is 1. The van der Waals surface area contributed by atoms with E-state index in [-0.39, 0.29) is 17.9 Å². The minimum Gasteiger partial charge on any atom is -0.481 e. The summed E-state index contributed by atoms with van der Waals surface area (Å²) >= 11 is 0. The van der Waals surface area contributed by atoms with E-state index in [1.165, 1.54) is 5.56 Å². The maximum Gasteiger partial charge on any atom is 0.265 e. The highest BCUT2D eigenvalue weighted by Gasteiger charge is 2.33. The molecule has 0 saturated carbocycles. The molecule has 186 valence electrons. The summed E-state index contributed by atoms with van der Waals surface area (Å²) < 4.78 is 6.09. The number of nitrogens with zero attached hydrogens (tertiary/aromatic N) is 1. The SMILES string of the molecule is Cc1cccc([C@H]2c3cc(O[C@H](C)C(=O)Nc4ccccc4)ccc3CCN2C(=O)c2ccccc2)c1. The molecule has 1 aliphatic rings. The second-order valence-corrected chi connectivity index (χ2v) is 9.41. The molecule has 0 aliphatic carbocycles. The number of para-hydroxylation sites is 1. The summed E-state index contributed by atoms with van der Waals surface area (Å²) in [4.78, 5) is 28.3. The van der Waals surface area contributed by atoms with Gasteiger partial charge in [-0.25, -0.2) is 0 Å². The van der Waals surface area contributed by atoms with Crippen molar-refractivity contribution in [2.75, 3.05) is 11.9 Å². The second kappa shape index (κ2) is 10.7. The van der Waals surface area contributed by atoms with E-state index in [9.17, 15) is 9.59 Å². The van der Waals surface area contributed by atoms with Crippen LogP contribution in [-0.4, -0.2) is 29.4 Å². The van der Waals surface area contributed by atoms with Crippen molar-refractivity contribution < 1.29 is 14.3 Å². The fourth-order valence-corrected chi connectivity index (χ4v) is 4.85. The standard InChI is InChI=1S/C32H30N2O3/c1-22-10-9-13-26(20-22)30-29-21-28(37-23(2)31(35)33-27-14-7-4-8-15-27)17-16-24(29)18-19-34(30)32(36)25-11-5-3-6-12-25/h3-17,20-21,23,30H,18-19H2,1-2H3,(H,33,35)/t23-,30+/m1/s1. The summed E-state index contributed by atoms with van der Waals surface area (Å²) in [6, 6.07) is 32.7. The van der Waals surface area contributed by atoms with Crippen molar-refractivity contribution in [1.82, 2.24) is 4.90 Å². The third kappa shape index (κ3) is 5.41. The van der Waals surface area contributed by atoms with Gasteiger partial charge in [0.25, 0.3) is 11.8 Å². The molecule has 0 fully saturated rings. The molecular formula is C32H30N2O3. The lowest BCUT2D eigenvalue weighted by Crippen LogP contribution is -2.40. The Hall–Kier alpha value is -4.38. The van der Waals surface area contributed by atoms with Crippen LogP contribution in [0.2, 0.25) is 0 Å². The minimum atomic E-state index is -0.693. The van der Waals surface area contributed by atoms with Gasteiger partial charge in [-0.2, -0.15) is 0 Å². The van der Waals surface area contributed by atoms with Crippen molar-refractivity contribution in [3.63, 3.8) is 0 Å². The fraction of sp³-hybridized carbons (Fsp3) is 0.188. The highest BCUT2D eigenvalue weighted by Crippen LogP contribution is 2.38. The third-order valence-electron chi connectivity index (χ3n) is 6.71. The third-order valence-corrected chi connectivity index (χ3v) is 6.71. The van der Waals surface area contributed by atoms with Crippen molar-refractivity contribution in [2.24, 2.45) is 0 Å². The van der Waals surface area contributed by atoms with Gasteiger partial charge in [-0.1, -0.05) is 72.3 Å². The van der Waals surface area contributed by atoms with Crippen molar-refractivity contribution in [3.05, 3.63) is 131 Å². The number of aryl methyl sites for hydroxylation is 1. The molecule has 0 unspecified atom stereocenters. The van der Waals surface area contributed by atoms with Gasteiger partial charge >= 0.3 is 0 Å². The Balaban J connectivity index is 1.46. The number of rotatable bonds is 6. The fourth-order valence-electron chi connectivity index (χ4n) is 4.85. The molecule has 0 radical (unpaired) electrons. The number of benzene rings is 4. The highest BCUT2D eigenvalue weighted by molar-refractivity contribution is 5.95. The summed E-state index contributed by atoms with van der Waals surface area (Å²) in [5.41, 5.74) is 5.78. The van der Waals surface area contributed by atoms with Gasteiger partial charge in [0, 0.05) is 17.8 Å². The molecule has 4 aromatic carbocycles. The molecule has 5 nitrogen and oxygen atoms in total. The highest BCUT2D eigenvalue weighted by atomic mass is 16.5. The lowest BCUT2D eigenvalue weighted by molar-refractivity contribution is -0.122. The first kappa shape index (κ1) is 24.3. The topological polar surface area (TPSA) is 58.6 Å². The molecule has 0 aromatic heterocycles. The minimum absolute atomic E-state index is 0.000292. The van der Waals surface area contributed by atoms with Gasteiger partial charge in [0.15, 0.2) is 6.10 Å². The van der Waals surface area contributed by atoms with Gasteiger partial charge in [-0.05, 0) is 73.4 Å². The first-order valence-corrected chi connectivity index (χ1v) is 12.6. The Morgan fingerprint density at radius 1 is 0.892 bits per heavy atom. The second-order valence-electron chi connectivity index (χ2n) is 9.41. The van der Waals surface area contributed by atoms with Gasteiger partial charge < -0.3 is 15.0 Å². The number of fused-ring (bicyclic) bond motifs is 1. The van der Waals surface area contributed by atoms with Crippen molar-refractivity contribution >= 4 is 17.5 Å². The molecule has 1 aliphatic heterocycles. The average Bonchev–Trinajstić information content (AvgIpc) is 2.93. The molecule has 0 saturated heterocycles. The van der Waals surface area contributed by atoms with Crippen LogP contribution in [0.15, 0.2) is 103 Å². The number of carbonyl (C=O) groups excluding carboxylic acids is 2. The summed E-state index contributed by atoms with van der Waals surface area (Å²) in [5, 5.41) is 2.89. The molecule has 37 heavy (non-hydrogen) atoms. The predicted octanol–water partition coefficient (Wildman–Crippen LogP) is 6.19. The molecule has 1 heterocycles. The van der Waals surface area contributed by atoms with Crippen molar-refractivity contribution in [2.45, 2.75) is 32.4 Å². The van der Waals surface area contributed by atoms with Crippen LogP contribution in [0.25, 0.3) is 0 Å². The van der Waals surface area contributed by atoms with Gasteiger partial charge in [0.1, 0.15) is 5.75 Å². The van der Waals surface area contributed by atoms with E-state index >= 15 is 0 Å². The number of carbonyl (C=O) groups is 2. The molecular weight excluding hydrogens is 460 g/mol. The largest absolute Gasteiger partial charge is 0.481 e. The van der Waals surface area contributed by atoms with Gasteiger partial charge in [-0.3, -0.25) is 9.59 Å². The van der Waals surface area contributed by atoms with Crippen molar-refractivity contribution in [3.8, 4) is 5.75 Å². The summed E-state index contributed by atoms with van der Waals surface area (Å²) in [5.74, 6) is 0.376. The smallest absolute Gasteiger partial charge is 0.265 e. The number of amides is 2. The Morgan fingerprint density at radius 3 is 2.35 bits per heavy atom. The van der Waals surface area contributed by atoms with Crippen LogP contribution in [0.3, 0.4) is 0 Å². The Morgan fingerprint density at radius 2 is 1.62 bits per heavy atom. The zero-order valence-corrected chi connectivity index (χ0v) is 21.1. The molecule has 1 N–H and O–H groups in total. The van der Waals surface area contributed by atoms with Crippen molar-refractivity contribution in [1.29, 1.82) is 0 Å².